The number of hydrogen-bond donors (Lipinski definition) is 1. The van der Waals surface area contributed by atoms with E-state index in [-0.39, 0.29) is 42.1 Å². The fraction of sp³-hybridized carbons (Fsp3) is 0.312. The Labute approximate surface area is 242 Å². The lowest BCUT2D eigenvalue weighted by Crippen LogP contribution is -2.32. The van der Waals surface area contributed by atoms with E-state index in [1.165, 1.54) is 24.3 Å². The van der Waals surface area contributed by atoms with Crippen LogP contribution in [0, 0.1) is 11.6 Å². The molecular formula is C32H34F2N4O2S. The quantitative estimate of drug-likeness (QED) is 0.249. The Bertz CT molecular complexity index is 1580. The smallest absolute Gasteiger partial charge is 0.228 e. The highest BCUT2D eigenvalue weighted by Crippen LogP contribution is 2.46. The number of hydrogen-bond acceptors (Lipinski definition) is 3. The number of imidazole rings is 1. The first-order valence-electron chi connectivity index (χ1n) is 13.6. The molecule has 41 heavy (non-hydrogen) atoms. The summed E-state index contributed by atoms with van der Waals surface area (Å²) in [6.45, 7) is 6.50. The standard InChI is InChI=1S/C32H34F2N4O2S/c1-21(22-8-10-23(33)11-9-22)16-31(39)38(20-30-35-14-15-37(30)4)25-12-13-28-27(18-25)29(19-32(28,2)3)36-41(40)26-7-5-6-24(34)17-26/h5-15,17-18,21,29,36H,16,19-20H2,1-4H3/t21-,29-,41?/m0/s1. The molecule has 6 nitrogen and oxygen atoms in total. The van der Waals surface area contributed by atoms with E-state index >= 15 is 0 Å². The van der Waals surface area contributed by atoms with Crippen LogP contribution in [0.1, 0.15) is 68.1 Å². The van der Waals surface area contributed by atoms with Crippen LogP contribution in [0.2, 0.25) is 0 Å². The highest BCUT2D eigenvalue weighted by Gasteiger charge is 2.38. The lowest BCUT2D eigenvalue weighted by atomic mass is 9.86. The Kier molecular flexibility index (Phi) is 8.20. The first-order valence-corrected chi connectivity index (χ1v) is 14.8. The molecule has 5 rings (SSSR count). The molecule has 1 aliphatic rings. The minimum Gasteiger partial charge on any atom is -0.337 e. The average Bonchev–Trinajstić information content (AvgIpc) is 3.45. The lowest BCUT2D eigenvalue weighted by Gasteiger charge is -2.26. The van der Waals surface area contributed by atoms with Crippen molar-refractivity contribution in [3.63, 3.8) is 0 Å². The maximum Gasteiger partial charge on any atom is 0.228 e. The molecule has 0 radical (unpaired) electrons. The number of benzene rings is 3. The van der Waals surface area contributed by atoms with Crippen molar-refractivity contribution in [1.82, 2.24) is 14.3 Å². The van der Waals surface area contributed by atoms with Gasteiger partial charge in [-0.1, -0.05) is 45.0 Å². The van der Waals surface area contributed by atoms with Crippen LogP contribution in [0.4, 0.5) is 14.5 Å². The largest absolute Gasteiger partial charge is 0.337 e. The molecule has 1 heterocycles. The van der Waals surface area contributed by atoms with Gasteiger partial charge in [-0.3, -0.25) is 4.79 Å². The number of anilines is 1. The van der Waals surface area contributed by atoms with E-state index in [1.54, 1.807) is 35.4 Å². The fourth-order valence-electron chi connectivity index (χ4n) is 5.53. The summed E-state index contributed by atoms with van der Waals surface area (Å²) in [5, 5.41) is 0. The molecule has 1 aliphatic carbocycles. The van der Waals surface area contributed by atoms with Gasteiger partial charge in [0.25, 0.3) is 0 Å². The van der Waals surface area contributed by atoms with Gasteiger partial charge in [0.15, 0.2) is 0 Å². The van der Waals surface area contributed by atoms with Crippen LogP contribution in [0.3, 0.4) is 0 Å². The molecule has 9 heteroatoms. The first kappa shape index (κ1) is 28.8. The van der Waals surface area contributed by atoms with Crippen LogP contribution in [0.25, 0.3) is 0 Å². The summed E-state index contributed by atoms with van der Waals surface area (Å²) < 4.78 is 45.5. The Morgan fingerprint density at radius 3 is 2.56 bits per heavy atom. The molecule has 0 bridgehead atoms. The minimum atomic E-state index is -1.62. The van der Waals surface area contributed by atoms with Gasteiger partial charge in [-0.25, -0.2) is 22.7 Å². The first-order chi connectivity index (χ1) is 19.5. The number of rotatable bonds is 9. The number of aryl methyl sites for hydroxylation is 1. The third-order valence-electron chi connectivity index (χ3n) is 7.87. The summed E-state index contributed by atoms with van der Waals surface area (Å²) in [4.78, 5) is 20.4. The van der Waals surface area contributed by atoms with E-state index in [9.17, 15) is 17.8 Å². The molecule has 3 aromatic carbocycles. The number of aromatic nitrogens is 2. The van der Waals surface area contributed by atoms with Crippen molar-refractivity contribution >= 4 is 22.6 Å². The molecule has 1 N–H and O–H groups in total. The van der Waals surface area contributed by atoms with Crippen molar-refractivity contribution in [3.8, 4) is 0 Å². The zero-order chi connectivity index (χ0) is 29.3. The zero-order valence-electron chi connectivity index (χ0n) is 23.6. The number of halogens is 2. The van der Waals surface area contributed by atoms with Crippen LogP contribution >= 0.6 is 0 Å². The molecule has 0 saturated heterocycles. The van der Waals surface area contributed by atoms with Crippen molar-refractivity contribution in [1.29, 1.82) is 0 Å². The summed E-state index contributed by atoms with van der Waals surface area (Å²) in [7, 11) is 0.267. The molecular weight excluding hydrogens is 542 g/mol. The van der Waals surface area contributed by atoms with Gasteiger partial charge in [-0.05, 0) is 76.9 Å². The van der Waals surface area contributed by atoms with Crippen molar-refractivity contribution in [2.24, 2.45) is 7.05 Å². The van der Waals surface area contributed by atoms with E-state index in [0.29, 0.717) is 17.0 Å². The van der Waals surface area contributed by atoms with Gasteiger partial charge in [-0.2, -0.15) is 0 Å². The molecule has 1 unspecified atom stereocenters. The number of carbonyl (C=O) groups is 1. The van der Waals surface area contributed by atoms with Gasteiger partial charge in [0, 0.05) is 37.6 Å². The van der Waals surface area contributed by atoms with Gasteiger partial charge < -0.3 is 9.47 Å². The number of amides is 1. The number of carbonyl (C=O) groups excluding carboxylic acids is 1. The molecule has 0 fully saturated rings. The van der Waals surface area contributed by atoms with Crippen LogP contribution in [0.15, 0.2) is 84.0 Å². The van der Waals surface area contributed by atoms with Crippen LogP contribution in [-0.2, 0) is 34.8 Å². The third-order valence-corrected chi connectivity index (χ3v) is 9.05. The lowest BCUT2D eigenvalue weighted by molar-refractivity contribution is -0.119. The van der Waals surface area contributed by atoms with Crippen molar-refractivity contribution < 1.29 is 17.8 Å². The van der Waals surface area contributed by atoms with E-state index < -0.39 is 16.8 Å². The Balaban J connectivity index is 1.46. The van der Waals surface area contributed by atoms with Gasteiger partial charge in [0.2, 0.25) is 5.91 Å². The fourth-order valence-corrected chi connectivity index (χ4v) is 6.56. The third kappa shape index (κ3) is 6.31. The number of nitrogens with one attached hydrogen (secondary N) is 1. The highest BCUT2D eigenvalue weighted by molar-refractivity contribution is 7.83. The predicted octanol–water partition coefficient (Wildman–Crippen LogP) is 6.46. The molecule has 3 atom stereocenters. The second-order valence-corrected chi connectivity index (χ2v) is 12.6. The summed E-state index contributed by atoms with van der Waals surface area (Å²) in [5.74, 6) is -0.231. The van der Waals surface area contributed by atoms with E-state index in [0.717, 1.165) is 22.5 Å². The second-order valence-electron chi connectivity index (χ2n) is 11.3. The highest BCUT2D eigenvalue weighted by atomic mass is 32.2. The van der Waals surface area contributed by atoms with Crippen molar-refractivity contribution in [3.05, 3.63) is 113 Å². The maximum absolute atomic E-state index is 13.9. The van der Waals surface area contributed by atoms with E-state index in [4.69, 9.17) is 0 Å². The van der Waals surface area contributed by atoms with E-state index in [2.05, 4.69) is 23.6 Å². The molecule has 0 spiro atoms. The Morgan fingerprint density at radius 2 is 1.88 bits per heavy atom. The summed E-state index contributed by atoms with van der Waals surface area (Å²) in [6.07, 6.45) is 4.46. The monoisotopic (exact) mass is 576 g/mol. The van der Waals surface area contributed by atoms with Gasteiger partial charge in [-0.15, -0.1) is 0 Å². The zero-order valence-corrected chi connectivity index (χ0v) is 24.4. The summed E-state index contributed by atoms with van der Waals surface area (Å²) in [6, 6.07) is 17.8. The molecule has 1 aromatic heterocycles. The summed E-state index contributed by atoms with van der Waals surface area (Å²) >= 11 is 0. The van der Waals surface area contributed by atoms with Crippen molar-refractivity contribution in [2.75, 3.05) is 4.90 Å². The molecule has 0 saturated carbocycles. The maximum atomic E-state index is 13.9. The second kappa shape index (κ2) is 11.7. The molecule has 1 amide bonds. The molecule has 4 aromatic rings. The van der Waals surface area contributed by atoms with Crippen LogP contribution < -0.4 is 9.62 Å². The topological polar surface area (TPSA) is 67.2 Å². The van der Waals surface area contributed by atoms with Crippen molar-refractivity contribution in [2.45, 2.75) is 62.4 Å². The average molecular weight is 577 g/mol. The Hall–Kier alpha value is -3.69. The minimum absolute atomic E-state index is 0.0881. The number of fused-ring (bicyclic) bond motifs is 1. The number of nitrogens with zero attached hydrogens (tertiary/aromatic N) is 3. The SMILES string of the molecule is C[C@@H](CC(=O)N(Cc1nccn1C)c1ccc2c(c1)[C@@H](NS(=O)c1cccc(F)c1)CC2(C)C)c1ccc(F)cc1. The molecule has 0 aliphatic heterocycles. The predicted molar refractivity (Wildman–Crippen MR) is 157 cm³/mol. The van der Waals surface area contributed by atoms with Gasteiger partial charge in [0.1, 0.15) is 28.4 Å². The molecule has 214 valence electrons. The van der Waals surface area contributed by atoms with Crippen LogP contribution in [0.5, 0.6) is 0 Å². The normalized spacial score (nSPS) is 17.2. The van der Waals surface area contributed by atoms with Gasteiger partial charge in [0.05, 0.1) is 11.4 Å². The van der Waals surface area contributed by atoms with Gasteiger partial charge >= 0.3 is 0 Å². The Morgan fingerprint density at radius 1 is 1.12 bits per heavy atom. The van der Waals surface area contributed by atoms with E-state index in [1.807, 2.05) is 42.9 Å². The summed E-state index contributed by atoms with van der Waals surface area (Å²) in [5.41, 5.74) is 3.48. The van der Waals surface area contributed by atoms with Crippen LogP contribution in [-0.4, -0.2) is 19.7 Å².